The van der Waals surface area contributed by atoms with E-state index < -0.39 is 0 Å². The number of aliphatic hydroxyl groups excluding tert-OH is 1. The molecule has 0 aromatic rings. The van der Waals surface area contributed by atoms with Crippen LogP contribution in [0.2, 0.25) is 0 Å². The van der Waals surface area contributed by atoms with Gasteiger partial charge in [-0.1, -0.05) is 6.92 Å². The normalized spacial score (nSPS) is 34.5. The van der Waals surface area contributed by atoms with Gasteiger partial charge in [0.2, 0.25) is 5.91 Å². The molecule has 2 aliphatic heterocycles. The summed E-state index contributed by atoms with van der Waals surface area (Å²) in [5.74, 6) is 0.345. The first-order chi connectivity index (χ1) is 10.7. The van der Waals surface area contributed by atoms with Crippen molar-refractivity contribution in [1.82, 2.24) is 14.7 Å². The molecule has 0 bridgehead atoms. The number of carbonyl (C=O) groups excluding carboxylic acids is 1. The second-order valence-electron chi connectivity index (χ2n) is 7.12. The topological polar surface area (TPSA) is 47.0 Å². The Labute approximate surface area is 134 Å². The number of piperazine rings is 1. The van der Waals surface area contributed by atoms with Gasteiger partial charge in [-0.05, 0) is 51.6 Å². The number of rotatable bonds is 4. The van der Waals surface area contributed by atoms with Crippen LogP contribution in [0.5, 0.6) is 0 Å². The Hall–Kier alpha value is -0.650. The Morgan fingerprint density at radius 3 is 2.45 bits per heavy atom. The molecule has 3 atom stereocenters. The quantitative estimate of drug-likeness (QED) is 0.839. The number of hydrogen-bond acceptors (Lipinski definition) is 4. The maximum Gasteiger partial charge on any atom is 0.240 e. The molecular weight excluding hydrogens is 278 g/mol. The first-order valence-electron chi connectivity index (χ1n) is 9.15. The monoisotopic (exact) mass is 309 g/mol. The second kappa shape index (κ2) is 7.28. The first-order valence-corrected chi connectivity index (χ1v) is 9.15. The number of hydrogen-bond donors (Lipinski definition) is 1. The molecule has 1 saturated carbocycles. The number of amides is 1. The SMILES string of the molecule is CCCN1CCC[C@@H]1C(=O)N1CCN([C@H]2CCC[C@H]2O)CC1. The highest BCUT2D eigenvalue weighted by Gasteiger charge is 2.37. The predicted octanol–water partition coefficient (Wildman–Crippen LogP) is 0.918. The maximum absolute atomic E-state index is 12.8. The van der Waals surface area contributed by atoms with Gasteiger partial charge >= 0.3 is 0 Å². The van der Waals surface area contributed by atoms with Crippen LogP contribution < -0.4 is 0 Å². The molecular formula is C17H31N3O2. The molecule has 0 radical (unpaired) electrons. The lowest BCUT2D eigenvalue weighted by Gasteiger charge is -2.40. The van der Waals surface area contributed by atoms with Crippen LogP contribution in [-0.4, -0.2) is 83.2 Å². The maximum atomic E-state index is 12.8. The van der Waals surface area contributed by atoms with Gasteiger partial charge in [0.15, 0.2) is 0 Å². The standard InChI is InChI=1S/C17H31N3O2/c1-2-8-18-9-4-6-15(18)17(22)20-12-10-19(11-13-20)14-5-3-7-16(14)21/h14-16,21H,2-13H2,1H3/t14-,15+,16+/m0/s1. The first kappa shape index (κ1) is 16.2. The average Bonchev–Trinajstić information content (AvgIpc) is 3.16. The molecule has 5 heteroatoms. The zero-order chi connectivity index (χ0) is 15.5. The minimum absolute atomic E-state index is 0.128. The van der Waals surface area contributed by atoms with E-state index in [0.717, 1.165) is 77.8 Å². The van der Waals surface area contributed by atoms with Crippen molar-refractivity contribution >= 4 is 5.91 Å². The van der Waals surface area contributed by atoms with Crippen LogP contribution in [0.4, 0.5) is 0 Å². The van der Waals surface area contributed by atoms with Gasteiger partial charge in [0.05, 0.1) is 12.1 Å². The summed E-state index contributed by atoms with van der Waals surface area (Å²) in [4.78, 5) is 19.6. The van der Waals surface area contributed by atoms with Gasteiger partial charge in [-0.2, -0.15) is 0 Å². The molecule has 22 heavy (non-hydrogen) atoms. The van der Waals surface area contributed by atoms with Gasteiger partial charge in [-0.25, -0.2) is 0 Å². The van der Waals surface area contributed by atoms with Crippen molar-refractivity contribution in [3.8, 4) is 0 Å². The van der Waals surface area contributed by atoms with Crippen LogP contribution in [0.1, 0.15) is 45.4 Å². The van der Waals surface area contributed by atoms with E-state index in [0.29, 0.717) is 11.9 Å². The Morgan fingerprint density at radius 2 is 1.82 bits per heavy atom. The average molecular weight is 309 g/mol. The van der Waals surface area contributed by atoms with Gasteiger partial charge in [-0.3, -0.25) is 14.6 Å². The molecule has 1 amide bonds. The minimum Gasteiger partial charge on any atom is -0.391 e. The fourth-order valence-corrected chi connectivity index (χ4v) is 4.49. The van der Waals surface area contributed by atoms with Crippen molar-refractivity contribution < 1.29 is 9.90 Å². The van der Waals surface area contributed by atoms with E-state index in [1.807, 2.05) is 0 Å². The highest BCUT2D eigenvalue weighted by molar-refractivity contribution is 5.82. The van der Waals surface area contributed by atoms with Crippen LogP contribution in [0.15, 0.2) is 0 Å². The van der Waals surface area contributed by atoms with E-state index >= 15 is 0 Å². The van der Waals surface area contributed by atoms with Gasteiger partial charge < -0.3 is 10.0 Å². The number of likely N-dealkylation sites (tertiary alicyclic amines) is 1. The number of nitrogens with zero attached hydrogens (tertiary/aromatic N) is 3. The second-order valence-corrected chi connectivity index (χ2v) is 7.12. The lowest BCUT2D eigenvalue weighted by Crippen LogP contribution is -2.56. The van der Waals surface area contributed by atoms with E-state index in [-0.39, 0.29) is 12.1 Å². The smallest absolute Gasteiger partial charge is 0.240 e. The largest absolute Gasteiger partial charge is 0.391 e. The summed E-state index contributed by atoms with van der Waals surface area (Å²) in [6, 6.07) is 0.462. The number of carbonyl (C=O) groups is 1. The van der Waals surface area contributed by atoms with E-state index in [2.05, 4.69) is 21.6 Å². The van der Waals surface area contributed by atoms with E-state index in [1.165, 1.54) is 0 Å². The third-order valence-electron chi connectivity index (χ3n) is 5.70. The zero-order valence-corrected chi connectivity index (χ0v) is 13.9. The van der Waals surface area contributed by atoms with Crippen molar-refractivity contribution in [1.29, 1.82) is 0 Å². The molecule has 2 heterocycles. The number of aliphatic hydroxyl groups is 1. The molecule has 3 aliphatic rings. The fraction of sp³-hybridized carbons (Fsp3) is 0.941. The van der Waals surface area contributed by atoms with Crippen LogP contribution >= 0.6 is 0 Å². The molecule has 126 valence electrons. The minimum atomic E-state index is -0.155. The molecule has 0 aromatic heterocycles. The highest BCUT2D eigenvalue weighted by Crippen LogP contribution is 2.26. The lowest BCUT2D eigenvalue weighted by atomic mass is 10.1. The van der Waals surface area contributed by atoms with E-state index in [1.54, 1.807) is 0 Å². The van der Waals surface area contributed by atoms with Crippen LogP contribution in [0.3, 0.4) is 0 Å². The summed E-state index contributed by atoms with van der Waals surface area (Å²) < 4.78 is 0. The predicted molar refractivity (Wildman–Crippen MR) is 86.7 cm³/mol. The van der Waals surface area contributed by atoms with Gasteiger partial charge in [0, 0.05) is 32.2 Å². The Balaban J connectivity index is 1.51. The van der Waals surface area contributed by atoms with Crippen molar-refractivity contribution in [2.24, 2.45) is 0 Å². The molecule has 1 aliphatic carbocycles. The Kier molecular flexibility index (Phi) is 5.37. The third kappa shape index (κ3) is 3.31. The third-order valence-corrected chi connectivity index (χ3v) is 5.70. The van der Waals surface area contributed by atoms with Gasteiger partial charge in [0.25, 0.3) is 0 Å². The summed E-state index contributed by atoms with van der Waals surface area (Å²) in [5, 5.41) is 10.1. The van der Waals surface area contributed by atoms with E-state index in [9.17, 15) is 9.90 Å². The molecule has 0 spiro atoms. The molecule has 2 saturated heterocycles. The lowest BCUT2D eigenvalue weighted by molar-refractivity contribution is -0.138. The van der Waals surface area contributed by atoms with Gasteiger partial charge in [-0.15, -0.1) is 0 Å². The highest BCUT2D eigenvalue weighted by atomic mass is 16.3. The molecule has 1 N–H and O–H groups in total. The summed E-state index contributed by atoms with van der Waals surface area (Å²) in [5.41, 5.74) is 0. The van der Waals surface area contributed by atoms with Crippen molar-refractivity contribution in [2.45, 2.75) is 63.6 Å². The molecule has 3 rings (SSSR count). The summed E-state index contributed by atoms with van der Waals surface area (Å²) >= 11 is 0. The van der Waals surface area contributed by atoms with Crippen molar-refractivity contribution in [2.75, 3.05) is 39.3 Å². The van der Waals surface area contributed by atoms with Gasteiger partial charge in [0.1, 0.15) is 0 Å². The zero-order valence-electron chi connectivity index (χ0n) is 13.9. The Bertz CT molecular complexity index is 382. The summed E-state index contributed by atoms with van der Waals surface area (Å²) in [6.45, 7) is 7.83. The molecule has 0 unspecified atom stereocenters. The van der Waals surface area contributed by atoms with Crippen LogP contribution in [0.25, 0.3) is 0 Å². The Morgan fingerprint density at radius 1 is 1.05 bits per heavy atom. The molecule has 0 aromatic carbocycles. The molecule has 3 fully saturated rings. The molecule has 5 nitrogen and oxygen atoms in total. The van der Waals surface area contributed by atoms with Crippen LogP contribution in [-0.2, 0) is 4.79 Å². The fourth-order valence-electron chi connectivity index (χ4n) is 4.49. The summed E-state index contributed by atoms with van der Waals surface area (Å²) in [7, 11) is 0. The summed E-state index contributed by atoms with van der Waals surface area (Å²) in [6.07, 6.45) is 6.35. The van der Waals surface area contributed by atoms with Crippen LogP contribution in [0, 0.1) is 0 Å². The van der Waals surface area contributed by atoms with Crippen molar-refractivity contribution in [3.05, 3.63) is 0 Å². The van der Waals surface area contributed by atoms with E-state index in [4.69, 9.17) is 0 Å². The van der Waals surface area contributed by atoms with Crippen molar-refractivity contribution in [3.63, 3.8) is 0 Å².